The fraction of sp³-hybridized carbons (Fsp3) is 0.0476. The SMILES string of the molecule is COc1ccc(-c2cccc(C=NNC(=O)c3ccc(O)c(C#N)c3)n2)cc1. The zero-order valence-electron chi connectivity index (χ0n) is 15.0. The molecule has 0 saturated carbocycles. The van der Waals surface area contributed by atoms with E-state index >= 15 is 0 Å². The summed E-state index contributed by atoms with van der Waals surface area (Å²) in [6, 6.07) is 18.8. The minimum absolute atomic E-state index is 0.0190. The standard InChI is InChI=1S/C21H16N4O3/c1-28-18-8-5-14(6-9-18)19-4-2-3-17(24-19)13-23-25-21(27)15-7-10-20(26)16(11-15)12-22/h2-11,13,26H,1H3,(H,25,27). The average molecular weight is 372 g/mol. The van der Waals surface area contributed by atoms with Gasteiger partial charge in [0.1, 0.15) is 17.6 Å². The number of nitrogens with zero attached hydrogens (tertiary/aromatic N) is 3. The normalized spacial score (nSPS) is 10.4. The molecule has 0 aliphatic heterocycles. The Labute approximate surface area is 161 Å². The van der Waals surface area contributed by atoms with Crippen LogP contribution in [0, 0.1) is 11.3 Å². The molecule has 0 aliphatic rings. The van der Waals surface area contributed by atoms with Crippen LogP contribution in [0.5, 0.6) is 11.5 Å². The molecule has 0 radical (unpaired) electrons. The zero-order valence-corrected chi connectivity index (χ0v) is 15.0. The van der Waals surface area contributed by atoms with E-state index < -0.39 is 5.91 Å². The van der Waals surface area contributed by atoms with Gasteiger partial charge in [0.05, 0.1) is 30.3 Å². The fourth-order valence-corrected chi connectivity index (χ4v) is 2.43. The summed E-state index contributed by atoms with van der Waals surface area (Å²) >= 11 is 0. The number of carbonyl (C=O) groups is 1. The summed E-state index contributed by atoms with van der Waals surface area (Å²) in [4.78, 5) is 16.6. The highest BCUT2D eigenvalue weighted by atomic mass is 16.5. The third kappa shape index (κ3) is 4.31. The van der Waals surface area contributed by atoms with Crippen molar-refractivity contribution in [3.63, 3.8) is 0 Å². The molecular weight excluding hydrogens is 356 g/mol. The van der Waals surface area contributed by atoms with Crippen LogP contribution in [0.1, 0.15) is 21.6 Å². The molecule has 3 rings (SSSR count). The minimum atomic E-state index is -0.501. The molecular formula is C21H16N4O3. The van der Waals surface area contributed by atoms with E-state index in [1.165, 1.54) is 24.4 Å². The van der Waals surface area contributed by atoms with Crippen LogP contribution in [0.2, 0.25) is 0 Å². The van der Waals surface area contributed by atoms with Crippen molar-refractivity contribution >= 4 is 12.1 Å². The molecule has 28 heavy (non-hydrogen) atoms. The molecule has 0 atom stereocenters. The second-order valence-electron chi connectivity index (χ2n) is 5.72. The molecule has 1 aromatic heterocycles. The number of phenolic OH excluding ortho intramolecular Hbond substituents is 1. The Bertz CT molecular complexity index is 1070. The number of carbonyl (C=O) groups excluding carboxylic acids is 1. The Kier molecular flexibility index (Phi) is 5.63. The van der Waals surface area contributed by atoms with Crippen LogP contribution in [-0.2, 0) is 0 Å². The maximum absolute atomic E-state index is 12.1. The number of phenols is 1. The number of amides is 1. The second-order valence-corrected chi connectivity index (χ2v) is 5.72. The van der Waals surface area contributed by atoms with Crippen molar-refractivity contribution in [2.24, 2.45) is 5.10 Å². The van der Waals surface area contributed by atoms with Crippen molar-refractivity contribution in [3.05, 3.63) is 77.5 Å². The van der Waals surface area contributed by atoms with Gasteiger partial charge in [0.15, 0.2) is 0 Å². The van der Waals surface area contributed by atoms with Crippen molar-refractivity contribution in [2.75, 3.05) is 7.11 Å². The smallest absolute Gasteiger partial charge is 0.271 e. The molecule has 7 heteroatoms. The number of ether oxygens (including phenoxy) is 1. The molecule has 0 bridgehead atoms. The van der Waals surface area contributed by atoms with Gasteiger partial charge in [0.2, 0.25) is 0 Å². The van der Waals surface area contributed by atoms with Crippen LogP contribution >= 0.6 is 0 Å². The van der Waals surface area contributed by atoms with E-state index in [4.69, 9.17) is 10.00 Å². The van der Waals surface area contributed by atoms with Gasteiger partial charge in [-0.3, -0.25) is 4.79 Å². The van der Waals surface area contributed by atoms with E-state index in [9.17, 15) is 9.90 Å². The Morgan fingerprint density at radius 1 is 1.21 bits per heavy atom. The summed E-state index contributed by atoms with van der Waals surface area (Å²) in [7, 11) is 1.61. The number of hydrazone groups is 1. The van der Waals surface area contributed by atoms with E-state index in [0.717, 1.165) is 17.0 Å². The molecule has 3 aromatic rings. The molecule has 2 N–H and O–H groups in total. The molecule has 138 valence electrons. The van der Waals surface area contributed by atoms with Crippen molar-refractivity contribution in [2.45, 2.75) is 0 Å². The predicted molar refractivity (Wildman–Crippen MR) is 104 cm³/mol. The van der Waals surface area contributed by atoms with Crippen molar-refractivity contribution < 1.29 is 14.6 Å². The van der Waals surface area contributed by atoms with Crippen LogP contribution in [0.3, 0.4) is 0 Å². The minimum Gasteiger partial charge on any atom is -0.507 e. The van der Waals surface area contributed by atoms with Crippen LogP contribution in [0.4, 0.5) is 0 Å². The van der Waals surface area contributed by atoms with Crippen LogP contribution in [0.25, 0.3) is 11.3 Å². The van der Waals surface area contributed by atoms with Crippen LogP contribution in [-0.4, -0.2) is 29.3 Å². The van der Waals surface area contributed by atoms with E-state index in [1.807, 2.05) is 42.5 Å². The van der Waals surface area contributed by atoms with Crippen LogP contribution in [0.15, 0.2) is 65.8 Å². The number of pyridine rings is 1. The Balaban J connectivity index is 1.70. The van der Waals surface area contributed by atoms with Gasteiger partial charge < -0.3 is 9.84 Å². The van der Waals surface area contributed by atoms with Crippen molar-refractivity contribution in [1.82, 2.24) is 10.4 Å². The lowest BCUT2D eigenvalue weighted by atomic mass is 10.1. The summed E-state index contributed by atoms with van der Waals surface area (Å²) in [6.07, 6.45) is 1.43. The highest BCUT2D eigenvalue weighted by Gasteiger charge is 2.08. The maximum Gasteiger partial charge on any atom is 0.271 e. The largest absolute Gasteiger partial charge is 0.507 e. The highest BCUT2D eigenvalue weighted by molar-refractivity contribution is 5.95. The molecule has 0 unspecified atom stereocenters. The second kappa shape index (κ2) is 8.47. The summed E-state index contributed by atoms with van der Waals surface area (Å²) in [5.74, 6) is 0.0825. The molecule has 0 aliphatic carbocycles. The number of rotatable bonds is 5. The first-order chi connectivity index (χ1) is 13.6. The number of hydrogen-bond donors (Lipinski definition) is 2. The third-order valence-corrected chi connectivity index (χ3v) is 3.90. The first-order valence-corrected chi connectivity index (χ1v) is 8.28. The Hall–Kier alpha value is -4.18. The van der Waals surface area contributed by atoms with Gasteiger partial charge in [0.25, 0.3) is 5.91 Å². The summed E-state index contributed by atoms with van der Waals surface area (Å²) in [6.45, 7) is 0. The van der Waals surface area contributed by atoms with Crippen LogP contribution < -0.4 is 10.2 Å². The molecule has 1 amide bonds. The molecule has 2 aromatic carbocycles. The van der Waals surface area contributed by atoms with E-state index in [2.05, 4.69) is 15.5 Å². The molecule has 0 saturated heterocycles. The number of benzene rings is 2. The number of aromatic nitrogens is 1. The average Bonchev–Trinajstić information content (AvgIpc) is 2.74. The van der Waals surface area contributed by atoms with Gasteiger partial charge in [-0.15, -0.1) is 0 Å². The molecule has 0 spiro atoms. The number of nitriles is 1. The van der Waals surface area contributed by atoms with Gasteiger partial charge in [0, 0.05) is 11.1 Å². The third-order valence-electron chi connectivity index (χ3n) is 3.90. The zero-order chi connectivity index (χ0) is 19.9. The number of methoxy groups -OCH3 is 1. The van der Waals surface area contributed by atoms with Gasteiger partial charge in [-0.25, -0.2) is 10.4 Å². The van der Waals surface area contributed by atoms with E-state index in [0.29, 0.717) is 5.69 Å². The maximum atomic E-state index is 12.1. The van der Waals surface area contributed by atoms with Crippen molar-refractivity contribution in [3.8, 4) is 28.8 Å². The Morgan fingerprint density at radius 2 is 2.00 bits per heavy atom. The van der Waals surface area contributed by atoms with Gasteiger partial charge in [-0.2, -0.15) is 10.4 Å². The fourth-order valence-electron chi connectivity index (χ4n) is 2.43. The van der Waals surface area contributed by atoms with Gasteiger partial charge in [-0.05, 0) is 54.6 Å². The van der Waals surface area contributed by atoms with Gasteiger partial charge >= 0.3 is 0 Å². The first-order valence-electron chi connectivity index (χ1n) is 8.28. The summed E-state index contributed by atoms with van der Waals surface area (Å²) in [5, 5.41) is 22.3. The predicted octanol–water partition coefficient (Wildman–Crippen LogP) is 3.10. The summed E-state index contributed by atoms with van der Waals surface area (Å²) < 4.78 is 5.15. The highest BCUT2D eigenvalue weighted by Crippen LogP contribution is 2.20. The lowest BCUT2D eigenvalue weighted by Crippen LogP contribution is -2.17. The van der Waals surface area contributed by atoms with Gasteiger partial charge in [-0.1, -0.05) is 6.07 Å². The first kappa shape index (κ1) is 18.6. The lowest BCUT2D eigenvalue weighted by molar-refractivity contribution is 0.0955. The van der Waals surface area contributed by atoms with E-state index in [-0.39, 0.29) is 16.9 Å². The summed E-state index contributed by atoms with van der Waals surface area (Å²) in [5.41, 5.74) is 4.86. The van der Waals surface area contributed by atoms with Crippen molar-refractivity contribution in [1.29, 1.82) is 5.26 Å². The molecule has 0 fully saturated rings. The number of hydrogen-bond acceptors (Lipinski definition) is 6. The Morgan fingerprint density at radius 3 is 2.71 bits per heavy atom. The monoisotopic (exact) mass is 372 g/mol. The molecule has 7 nitrogen and oxygen atoms in total. The number of nitrogens with one attached hydrogen (secondary N) is 1. The van der Waals surface area contributed by atoms with E-state index in [1.54, 1.807) is 13.2 Å². The quantitative estimate of drug-likeness (QED) is 0.528. The molecule has 1 heterocycles. The lowest BCUT2D eigenvalue weighted by Gasteiger charge is -2.04. The topological polar surface area (TPSA) is 108 Å². The number of aromatic hydroxyl groups is 1.